The van der Waals surface area contributed by atoms with E-state index in [-0.39, 0.29) is 0 Å². The summed E-state index contributed by atoms with van der Waals surface area (Å²) in [5, 5.41) is 8.95. The van der Waals surface area contributed by atoms with Gasteiger partial charge in [-0.05, 0) is 55.5 Å². The number of imidazole rings is 1. The molecular formula is C16H13N3S. The lowest BCUT2D eigenvalue weighted by atomic mass is 9.99. The molecule has 0 spiro atoms. The molecule has 0 fully saturated rings. The molecule has 3 aromatic rings. The lowest BCUT2D eigenvalue weighted by molar-refractivity contribution is 0.697. The van der Waals surface area contributed by atoms with Gasteiger partial charge in [-0.15, -0.1) is 11.3 Å². The van der Waals surface area contributed by atoms with Crippen molar-refractivity contribution in [1.29, 1.82) is 5.26 Å². The fourth-order valence-electron chi connectivity index (χ4n) is 2.80. The predicted octanol–water partition coefficient (Wildman–Crippen LogP) is 4.04. The molecule has 0 radical (unpaired) electrons. The zero-order valence-corrected chi connectivity index (χ0v) is 11.8. The number of aromatic nitrogens is 2. The van der Waals surface area contributed by atoms with Gasteiger partial charge in [0.1, 0.15) is 5.82 Å². The number of H-pyrrole nitrogens is 1. The lowest BCUT2D eigenvalue weighted by Crippen LogP contribution is -1.96. The van der Waals surface area contributed by atoms with Crippen molar-refractivity contribution in [2.75, 3.05) is 0 Å². The van der Waals surface area contributed by atoms with Gasteiger partial charge in [-0.1, -0.05) is 0 Å². The molecule has 0 aliphatic heterocycles. The highest BCUT2D eigenvalue weighted by Gasteiger charge is 2.16. The van der Waals surface area contributed by atoms with E-state index >= 15 is 0 Å². The van der Waals surface area contributed by atoms with Gasteiger partial charge in [-0.2, -0.15) is 5.26 Å². The van der Waals surface area contributed by atoms with Crippen LogP contribution in [0, 0.1) is 11.3 Å². The fraction of sp³-hybridized carbons (Fsp3) is 0.250. The molecule has 4 heteroatoms. The van der Waals surface area contributed by atoms with Crippen LogP contribution in [-0.2, 0) is 12.8 Å². The highest BCUT2D eigenvalue weighted by molar-refractivity contribution is 7.15. The number of hydrogen-bond acceptors (Lipinski definition) is 3. The molecule has 1 aliphatic carbocycles. The van der Waals surface area contributed by atoms with Crippen LogP contribution in [0.25, 0.3) is 21.7 Å². The van der Waals surface area contributed by atoms with Crippen molar-refractivity contribution in [1.82, 2.24) is 9.97 Å². The first-order valence-corrected chi connectivity index (χ1v) is 7.67. The number of benzene rings is 1. The second-order valence-electron chi connectivity index (χ2n) is 5.20. The Balaban J connectivity index is 1.82. The lowest BCUT2D eigenvalue weighted by Gasteiger charge is -2.08. The van der Waals surface area contributed by atoms with E-state index in [1.165, 1.54) is 41.0 Å². The molecule has 98 valence electrons. The monoisotopic (exact) mass is 279 g/mol. The third-order valence-corrected chi connectivity index (χ3v) is 5.08. The molecule has 0 atom stereocenters. The first-order valence-electron chi connectivity index (χ1n) is 6.85. The fourth-order valence-corrected chi connectivity index (χ4v) is 4.00. The molecule has 3 nitrogen and oxygen atoms in total. The van der Waals surface area contributed by atoms with E-state index in [0.29, 0.717) is 5.56 Å². The van der Waals surface area contributed by atoms with E-state index in [1.807, 2.05) is 29.5 Å². The normalized spacial score (nSPS) is 14.2. The molecule has 1 N–H and O–H groups in total. The zero-order chi connectivity index (χ0) is 13.5. The van der Waals surface area contributed by atoms with Crippen LogP contribution in [0.5, 0.6) is 0 Å². The smallest absolute Gasteiger partial charge is 0.148 e. The van der Waals surface area contributed by atoms with Gasteiger partial charge in [-0.25, -0.2) is 4.98 Å². The van der Waals surface area contributed by atoms with Gasteiger partial charge in [0.25, 0.3) is 0 Å². The van der Waals surface area contributed by atoms with Crippen molar-refractivity contribution in [3.63, 3.8) is 0 Å². The largest absolute Gasteiger partial charge is 0.337 e. The third kappa shape index (κ3) is 1.83. The van der Waals surface area contributed by atoms with Crippen molar-refractivity contribution >= 4 is 22.4 Å². The van der Waals surface area contributed by atoms with Gasteiger partial charge < -0.3 is 4.98 Å². The average Bonchev–Trinajstić information content (AvgIpc) is 3.09. The maximum atomic E-state index is 8.95. The molecule has 0 bridgehead atoms. The van der Waals surface area contributed by atoms with Crippen molar-refractivity contribution in [3.8, 4) is 16.8 Å². The summed E-state index contributed by atoms with van der Waals surface area (Å²) in [4.78, 5) is 10.7. The standard InChI is InChI=1S/C16H13N3S/c17-9-10-5-6-12-13(7-10)19-16(18-12)15-8-11-3-1-2-4-14(11)20-15/h5-8H,1-4H2,(H,18,19). The topological polar surface area (TPSA) is 52.5 Å². The van der Waals surface area contributed by atoms with Crippen molar-refractivity contribution in [3.05, 3.63) is 40.3 Å². The van der Waals surface area contributed by atoms with Crippen molar-refractivity contribution in [2.45, 2.75) is 25.7 Å². The number of aryl methyl sites for hydroxylation is 2. The zero-order valence-electron chi connectivity index (χ0n) is 10.9. The van der Waals surface area contributed by atoms with E-state index in [2.05, 4.69) is 22.1 Å². The molecule has 0 saturated carbocycles. The number of rotatable bonds is 1. The van der Waals surface area contributed by atoms with Crippen LogP contribution in [0.1, 0.15) is 28.8 Å². The van der Waals surface area contributed by atoms with Crippen LogP contribution in [0.3, 0.4) is 0 Å². The number of nitrogens with zero attached hydrogens (tertiary/aromatic N) is 2. The van der Waals surface area contributed by atoms with Crippen LogP contribution >= 0.6 is 11.3 Å². The maximum Gasteiger partial charge on any atom is 0.148 e. The van der Waals surface area contributed by atoms with Crippen LogP contribution in [-0.4, -0.2) is 9.97 Å². The Labute approximate surface area is 120 Å². The number of aromatic amines is 1. The molecule has 0 amide bonds. The van der Waals surface area contributed by atoms with Gasteiger partial charge >= 0.3 is 0 Å². The van der Waals surface area contributed by atoms with Gasteiger partial charge in [0.2, 0.25) is 0 Å². The Kier molecular flexibility index (Phi) is 2.61. The van der Waals surface area contributed by atoms with E-state index in [4.69, 9.17) is 5.26 Å². The quantitative estimate of drug-likeness (QED) is 0.730. The second kappa shape index (κ2) is 4.46. The van der Waals surface area contributed by atoms with Gasteiger partial charge in [0.15, 0.2) is 0 Å². The van der Waals surface area contributed by atoms with E-state index in [0.717, 1.165) is 16.9 Å². The summed E-state index contributed by atoms with van der Waals surface area (Å²) in [6.07, 6.45) is 5.01. The summed E-state index contributed by atoms with van der Waals surface area (Å²) in [6.45, 7) is 0. The Morgan fingerprint density at radius 2 is 2.10 bits per heavy atom. The van der Waals surface area contributed by atoms with Gasteiger partial charge in [0.05, 0.1) is 27.5 Å². The summed E-state index contributed by atoms with van der Waals surface area (Å²) in [5.74, 6) is 0.925. The molecule has 1 aromatic carbocycles. The Morgan fingerprint density at radius 3 is 2.95 bits per heavy atom. The van der Waals surface area contributed by atoms with Crippen LogP contribution < -0.4 is 0 Å². The first-order chi connectivity index (χ1) is 9.83. The van der Waals surface area contributed by atoms with Gasteiger partial charge in [-0.3, -0.25) is 0 Å². The molecular weight excluding hydrogens is 266 g/mol. The average molecular weight is 279 g/mol. The molecule has 1 aliphatic rings. The minimum Gasteiger partial charge on any atom is -0.337 e. The van der Waals surface area contributed by atoms with Crippen LogP contribution in [0.4, 0.5) is 0 Å². The molecule has 0 unspecified atom stereocenters. The molecule has 2 aromatic heterocycles. The van der Waals surface area contributed by atoms with E-state index in [1.54, 1.807) is 0 Å². The van der Waals surface area contributed by atoms with Crippen molar-refractivity contribution < 1.29 is 0 Å². The Hall–Kier alpha value is -2.12. The maximum absolute atomic E-state index is 8.95. The summed E-state index contributed by atoms with van der Waals surface area (Å²) in [5.41, 5.74) is 4.02. The minimum atomic E-state index is 0.665. The van der Waals surface area contributed by atoms with Crippen molar-refractivity contribution in [2.24, 2.45) is 0 Å². The summed E-state index contributed by atoms with van der Waals surface area (Å²) >= 11 is 1.85. The van der Waals surface area contributed by atoms with E-state index < -0.39 is 0 Å². The third-order valence-electron chi connectivity index (χ3n) is 3.84. The number of fused-ring (bicyclic) bond motifs is 2. The minimum absolute atomic E-state index is 0.665. The number of thiophene rings is 1. The summed E-state index contributed by atoms with van der Waals surface area (Å²) < 4.78 is 0. The number of hydrogen-bond donors (Lipinski definition) is 1. The molecule has 0 saturated heterocycles. The molecule has 20 heavy (non-hydrogen) atoms. The second-order valence-corrected chi connectivity index (χ2v) is 6.33. The molecule has 2 heterocycles. The Morgan fingerprint density at radius 1 is 1.20 bits per heavy atom. The SMILES string of the molecule is N#Cc1ccc2nc(-c3cc4c(s3)CCCC4)[nH]c2c1. The van der Waals surface area contributed by atoms with Crippen LogP contribution in [0.15, 0.2) is 24.3 Å². The highest BCUT2D eigenvalue weighted by Crippen LogP contribution is 2.35. The first kappa shape index (κ1) is 11.7. The Bertz CT molecular complexity index is 812. The van der Waals surface area contributed by atoms with E-state index in [9.17, 15) is 0 Å². The highest BCUT2D eigenvalue weighted by atomic mass is 32.1. The summed E-state index contributed by atoms with van der Waals surface area (Å²) in [7, 11) is 0. The summed E-state index contributed by atoms with van der Waals surface area (Å²) in [6, 6.07) is 10.0. The predicted molar refractivity (Wildman–Crippen MR) is 80.8 cm³/mol. The molecule has 4 rings (SSSR count). The van der Waals surface area contributed by atoms with Gasteiger partial charge in [0, 0.05) is 4.88 Å². The number of nitriles is 1. The number of nitrogens with one attached hydrogen (secondary N) is 1. The van der Waals surface area contributed by atoms with Crippen LogP contribution in [0.2, 0.25) is 0 Å².